The molecule has 0 radical (unpaired) electrons. The first-order valence-corrected chi connectivity index (χ1v) is 15.0. The fourth-order valence-corrected chi connectivity index (χ4v) is 5.16. The molecule has 0 saturated heterocycles. The Morgan fingerprint density at radius 3 is 1.70 bits per heavy atom. The fourth-order valence-electron chi connectivity index (χ4n) is 5.16. The second-order valence-electron chi connectivity index (χ2n) is 10.2. The normalized spacial score (nSPS) is 11.2. The molecule has 0 bridgehead atoms. The van der Waals surface area contributed by atoms with Crippen LogP contribution in [0.25, 0.3) is 21.5 Å². The SMILES string of the molecule is C=C(C=CC(C#Cc1c2ccccc2c(C#Cc2ccc(N(CC)CCO)cc2)c2ccccc12)=CC)N(CCO)CCO. The molecule has 0 aliphatic rings. The lowest BCUT2D eigenvalue weighted by molar-refractivity contribution is 0.192. The van der Waals surface area contributed by atoms with Gasteiger partial charge >= 0.3 is 0 Å². The van der Waals surface area contributed by atoms with Crippen LogP contribution in [0.2, 0.25) is 0 Å². The number of hydrogen-bond acceptors (Lipinski definition) is 5. The molecule has 5 nitrogen and oxygen atoms in total. The molecule has 44 heavy (non-hydrogen) atoms. The maximum atomic E-state index is 9.36. The summed E-state index contributed by atoms with van der Waals surface area (Å²) in [6, 6.07) is 24.7. The lowest BCUT2D eigenvalue weighted by Gasteiger charge is -2.22. The number of likely N-dealkylation sites (N-methyl/N-ethyl adjacent to an activating group) is 1. The molecule has 0 unspecified atom stereocenters. The molecule has 0 spiro atoms. The van der Waals surface area contributed by atoms with E-state index in [0.717, 1.165) is 56.0 Å². The van der Waals surface area contributed by atoms with Crippen molar-refractivity contribution >= 4 is 27.2 Å². The van der Waals surface area contributed by atoms with Crippen LogP contribution >= 0.6 is 0 Å². The van der Waals surface area contributed by atoms with Gasteiger partial charge in [-0.05, 0) is 71.8 Å². The zero-order valence-electron chi connectivity index (χ0n) is 25.6. The molecule has 4 rings (SSSR count). The molecule has 3 N–H and O–H groups in total. The Morgan fingerprint density at radius 1 is 0.705 bits per heavy atom. The van der Waals surface area contributed by atoms with Crippen LogP contribution in [0.3, 0.4) is 0 Å². The minimum Gasteiger partial charge on any atom is -0.395 e. The smallest absolute Gasteiger partial charge is 0.0606 e. The summed E-state index contributed by atoms with van der Waals surface area (Å²) >= 11 is 0. The zero-order valence-corrected chi connectivity index (χ0v) is 25.6. The monoisotopic (exact) mass is 584 g/mol. The van der Waals surface area contributed by atoms with E-state index in [2.05, 4.69) is 78.5 Å². The van der Waals surface area contributed by atoms with E-state index in [-0.39, 0.29) is 19.8 Å². The number of allylic oxidation sites excluding steroid dienone is 4. The maximum Gasteiger partial charge on any atom is 0.0606 e. The molecule has 0 aromatic heterocycles. The van der Waals surface area contributed by atoms with Crippen molar-refractivity contribution in [2.45, 2.75) is 13.8 Å². The summed E-state index contributed by atoms with van der Waals surface area (Å²) in [5.41, 5.74) is 5.45. The molecule has 4 aromatic rings. The predicted octanol–water partition coefficient (Wildman–Crippen LogP) is 5.87. The third-order valence-corrected chi connectivity index (χ3v) is 7.49. The van der Waals surface area contributed by atoms with Gasteiger partial charge in [0.05, 0.1) is 19.8 Å². The predicted molar refractivity (Wildman–Crippen MR) is 184 cm³/mol. The van der Waals surface area contributed by atoms with E-state index >= 15 is 0 Å². The van der Waals surface area contributed by atoms with Gasteiger partial charge in [0.15, 0.2) is 0 Å². The van der Waals surface area contributed by atoms with Crippen LogP contribution in [-0.4, -0.2) is 66.2 Å². The van der Waals surface area contributed by atoms with Gasteiger partial charge in [-0.2, -0.15) is 0 Å². The molecule has 224 valence electrons. The van der Waals surface area contributed by atoms with Crippen LogP contribution in [0.1, 0.15) is 30.5 Å². The number of anilines is 1. The highest BCUT2D eigenvalue weighted by Gasteiger charge is 2.11. The van der Waals surface area contributed by atoms with E-state index in [0.29, 0.717) is 25.3 Å². The highest BCUT2D eigenvalue weighted by Crippen LogP contribution is 2.32. The fraction of sp³-hybridized carbons (Fsp3) is 0.231. The lowest BCUT2D eigenvalue weighted by Crippen LogP contribution is -2.28. The summed E-state index contributed by atoms with van der Waals surface area (Å²) in [4.78, 5) is 3.97. The van der Waals surface area contributed by atoms with Crippen molar-refractivity contribution in [1.82, 2.24) is 4.90 Å². The third kappa shape index (κ3) is 7.78. The zero-order chi connectivity index (χ0) is 31.3. The molecule has 0 heterocycles. The van der Waals surface area contributed by atoms with Gasteiger partial charge in [0.2, 0.25) is 0 Å². The minimum absolute atomic E-state index is 0.0148. The number of aliphatic hydroxyl groups is 3. The number of fused-ring (bicyclic) bond motifs is 2. The molecule has 5 heteroatoms. The first-order valence-electron chi connectivity index (χ1n) is 15.0. The van der Waals surface area contributed by atoms with Crippen LogP contribution in [-0.2, 0) is 0 Å². The van der Waals surface area contributed by atoms with Gasteiger partial charge in [-0.3, -0.25) is 0 Å². The van der Waals surface area contributed by atoms with Crippen LogP contribution in [0, 0.1) is 23.7 Å². The first-order chi connectivity index (χ1) is 21.5. The number of benzene rings is 4. The summed E-state index contributed by atoms with van der Waals surface area (Å²) in [6.07, 6.45) is 5.73. The first kappa shape index (κ1) is 32.1. The number of hydrogen-bond donors (Lipinski definition) is 3. The van der Waals surface area contributed by atoms with Gasteiger partial charge < -0.3 is 25.1 Å². The number of nitrogens with zero attached hydrogens (tertiary/aromatic N) is 2. The van der Waals surface area contributed by atoms with Crippen molar-refractivity contribution in [2.75, 3.05) is 50.9 Å². The van der Waals surface area contributed by atoms with E-state index in [1.165, 1.54) is 0 Å². The summed E-state index contributed by atoms with van der Waals surface area (Å²) in [5.74, 6) is 13.7. The Morgan fingerprint density at radius 2 is 1.23 bits per heavy atom. The Bertz CT molecular complexity index is 1720. The van der Waals surface area contributed by atoms with Gasteiger partial charge in [0, 0.05) is 59.8 Å². The molecule has 0 saturated carbocycles. The maximum absolute atomic E-state index is 9.36. The molecular formula is C39H40N2O3. The van der Waals surface area contributed by atoms with E-state index < -0.39 is 0 Å². The molecule has 0 amide bonds. The average molecular weight is 585 g/mol. The highest BCUT2D eigenvalue weighted by molar-refractivity contribution is 6.09. The molecule has 0 aliphatic carbocycles. The summed E-state index contributed by atoms with van der Waals surface area (Å²) < 4.78 is 0. The van der Waals surface area contributed by atoms with E-state index in [1.54, 1.807) is 0 Å². The molecule has 0 aliphatic heterocycles. The Balaban J connectivity index is 1.73. The number of aliphatic hydroxyl groups excluding tert-OH is 3. The Labute approximate surface area is 261 Å². The molecule has 4 aromatic carbocycles. The van der Waals surface area contributed by atoms with Crippen LogP contribution in [0.5, 0.6) is 0 Å². The van der Waals surface area contributed by atoms with Gasteiger partial charge in [-0.1, -0.05) is 84.9 Å². The summed E-state index contributed by atoms with van der Waals surface area (Å²) in [6.45, 7) is 10.4. The van der Waals surface area contributed by atoms with Gasteiger partial charge in [0.1, 0.15) is 0 Å². The highest BCUT2D eigenvalue weighted by atomic mass is 16.3. The quantitative estimate of drug-likeness (QED) is 0.117. The number of rotatable bonds is 11. The second-order valence-corrected chi connectivity index (χ2v) is 10.2. The summed E-state index contributed by atoms with van der Waals surface area (Å²) in [7, 11) is 0. The van der Waals surface area contributed by atoms with Gasteiger partial charge in [-0.15, -0.1) is 0 Å². The van der Waals surface area contributed by atoms with Crippen molar-refractivity contribution < 1.29 is 15.3 Å². The van der Waals surface area contributed by atoms with Crippen molar-refractivity contribution in [2.24, 2.45) is 0 Å². The van der Waals surface area contributed by atoms with E-state index in [1.807, 2.05) is 66.4 Å². The van der Waals surface area contributed by atoms with Crippen molar-refractivity contribution in [3.05, 3.63) is 126 Å². The van der Waals surface area contributed by atoms with Crippen molar-refractivity contribution in [3.63, 3.8) is 0 Å². The second kappa shape index (κ2) is 16.2. The van der Waals surface area contributed by atoms with E-state index in [9.17, 15) is 15.3 Å². The van der Waals surface area contributed by atoms with Crippen LogP contribution < -0.4 is 4.90 Å². The minimum atomic E-state index is -0.0148. The standard InChI is InChI=1S/C39H40N2O3/c1-4-31(15-14-30(3)41(25-28-43)26-29-44)18-22-38-34-10-6-8-12-36(34)39(37-13-9-7-11-35(37)38)23-19-32-16-20-33(21-17-32)40(5-2)24-27-42/h4,6-17,20-21,42-44H,3,5,24-29H2,1-2H3. The Kier molecular flexibility index (Phi) is 11.8. The van der Waals surface area contributed by atoms with Gasteiger partial charge in [-0.25, -0.2) is 0 Å². The summed E-state index contributed by atoms with van der Waals surface area (Å²) in [5, 5.41) is 32.2. The average Bonchev–Trinajstić information content (AvgIpc) is 3.06. The molecule has 0 fully saturated rings. The molecular weight excluding hydrogens is 544 g/mol. The largest absolute Gasteiger partial charge is 0.395 e. The van der Waals surface area contributed by atoms with Crippen molar-refractivity contribution in [3.8, 4) is 23.7 Å². The van der Waals surface area contributed by atoms with Crippen molar-refractivity contribution in [1.29, 1.82) is 0 Å². The van der Waals surface area contributed by atoms with Crippen LogP contribution in [0.4, 0.5) is 5.69 Å². The van der Waals surface area contributed by atoms with E-state index in [4.69, 9.17) is 0 Å². The Hall–Kier alpha value is -4.78. The molecule has 0 atom stereocenters. The van der Waals surface area contributed by atoms with Gasteiger partial charge in [0.25, 0.3) is 0 Å². The topological polar surface area (TPSA) is 67.2 Å². The van der Waals surface area contributed by atoms with Crippen LogP contribution in [0.15, 0.2) is 109 Å². The lowest BCUT2D eigenvalue weighted by atomic mass is 9.92. The third-order valence-electron chi connectivity index (χ3n) is 7.49.